The fourth-order valence-electron chi connectivity index (χ4n) is 3.95. The van der Waals surface area contributed by atoms with Crippen LogP contribution < -0.4 is 16.8 Å². The van der Waals surface area contributed by atoms with Crippen molar-refractivity contribution >= 4 is 28.9 Å². The molecule has 0 radical (unpaired) electrons. The van der Waals surface area contributed by atoms with Crippen LogP contribution >= 0.6 is 0 Å². The second kappa shape index (κ2) is 7.39. The third-order valence-electron chi connectivity index (χ3n) is 5.39. The highest BCUT2D eigenvalue weighted by Crippen LogP contribution is 2.43. The number of hydrogen-bond donors (Lipinski definition) is 3. The number of rotatable bonds is 4. The number of nitrogen functional groups attached to an aromatic ring is 2. The molecule has 0 unspecified atom stereocenters. The molecule has 5 N–H and O–H groups in total. The maximum absolute atomic E-state index is 13.6. The SMILES string of the molecule is Cn1cc(NC(=O)c2cc(C3CCC(F)(F)CC3)c3c(N)nc(N)nn23)c(C(F)F)n1. The van der Waals surface area contributed by atoms with Crippen LogP contribution in [0.25, 0.3) is 5.52 Å². The van der Waals surface area contributed by atoms with Gasteiger partial charge in [-0.1, -0.05) is 0 Å². The summed E-state index contributed by atoms with van der Waals surface area (Å²) in [6, 6.07) is 1.47. The standard InChI is InChI=1S/C18H20F4N8O/c1-29-7-10(12(27-29)14(19)20)25-16(31)11-6-9(8-2-4-18(21,22)5-3-8)13-15(23)26-17(24)28-30(11)13/h6-8,14H,2-5H2,1H3,(H,25,31)(H4,23,24,26,28). The van der Waals surface area contributed by atoms with Crippen molar-refractivity contribution in [3.8, 4) is 0 Å². The van der Waals surface area contributed by atoms with E-state index in [2.05, 4.69) is 20.5 Å². The van der Waals surface area contributed by atoms with E-state index < -0.39 is 23.9 Å². The van der Waals surface area contributed by atoms with Crippen molar-refractivity contribution in [1.82, 2.24) is 24.4 Å². The minimum absolute atomic E-state index is 0.00599. The minimum atomic E-state index is -2.89. The lowest BCUT2D eigenvalue weighted by Gasteiger charge is -2.28. The van der Waals surface area contributed by atoms with Crippen LogP contribution in [0.3, 0.4) is 0 Å². The van der Waals surface area contributed by atoms with Gasteiger partial charge in [0.25, 0.3) is 12.3 Å². The molecule has 4 rings (SSSR count). The van der Waals surface area contributed by atoms with Crippen molar-refractivity contribution in [2.75, 3.05) is 16.8 Å². The number of nitrogens with one attached hydrogen (secondary N) is 1. The number of anilines is 3. The molecule has 0 saturated heterocycles. The van der Waals surface area contributed by atoms with E-state index in [1.54, 1.807) is 0 Å². The van der Waals surface area contributed by atoms with Crippen molar-refractivity contribution < 1.29 is 22.4 Å². The van der Waals surface area contributed by atoms with E-state index >= 15 is 0 Å². The van der Waals surface area contributed by atoms with Gasteiger partial charge in [-0.3, -0.25) is 9.48 Å². The van der Waals surface area contributed by atoms with Crippen LogP contribution in [-0.2, 0) is 7.05 Å². The van der Waals surface area contributed by atoms with Crippen LogP contribution in [0.4, 0.5) is 35.0 Å². The summed E-state index contributed by atoms with van der Waals surface area (Å²) in [7, 11) is 1.44. The zero-order valence-electron chi connectivity index (χ0n) is 16.4. The van der Waals surface area contributed by atoms with Gasteiger partial charge in [-0.2, -0.15) is 10.1 Å². The molecule has 0 aliphatic heterocycles. The molecule has 166 valence electrons. The zero-order chi connectivity index (χ0) is 22.5. The number of alkyl halides is 4. The van der Waals surface area contributed by atoms with Gasteiger partial charge in [-0.05, 0) is 30.4 Å². The Morgan fingerprint density at radius 1 is 1.26 bits per heavy atom. The summed E-state index contributed by atoms with van der Waals surface area (Å²) in [5.41, 5.74) is 11.7. The molecule has 9 nitrogen and oxygen atoms in total. The van der Waals surface area contributed by atoms with E-state index in [0.29, 0.717) is 5.56 Å². The molecule has 0 atom stereocenters. The van der Waals surface area contributed by atoms with Gasteiger partial charge in [-0.25, -0.2) is 22.1 Å². The van der Waals surface area contributed by atoms with Gasteiger partial charge in [0, 0.05) is 26.1 Å². The molecule has 3 aromatic rings. The first-order valence-corrected chi connectivity index (χ1v) is 9.51. The number of fused-ring (bicyclic) bond motifs is 1. The van der Waals surface area contributed by atoms with Crippen molar-refractivity contribution in [2.45, 2.75) is 43.9 Å². The summed E-state index contributed by atoms with van der Waals surface area (Å²) in [5.74, 6) is -3.99. The van der Waals surface area contributed by atoms with Crippen LogP contribution in [0, 0.1) is 0 Å². The maximum atomic E-state index is 13.6. The average molecular weight is 440 g/mol. The molecule has 1 amide bonds. The molecule has 0 bridgehead atoms. The Kier molecular flexibility index (Phi) is 4.98. The third kappa shape index (κ3) is 3.86. The first-order chi connectivity index (χ1) is 14.6. The number of aryl methyl sites for hydroxylation is 1. The second-order valence-corrected chi connectivity index (χ2v) is 7.59. The molecule has 13 heteroatoms. The lowest BCUT2D eigenvalue weighted by atomic mass is 9.82. The summed E-state index contributed by atoms with van der Waals surface area (Å²) in [6.45, 7) is 0. The first-order valence-electron chi connectivity index (χ1n) is 9.51. The lowest BCUT2D eigenvalue weighted by molar-refractivity contribution is -0.0381. The number of nitrogens with zero attached hydrogens (tertiary/aromatic N) is 5. The Bertz CT molecular complexity index is 1150. The molecule has 1 aliphatic carbocycles. The predicted octanol–water partition coefficient (Wildman–Crippen LogP) is 3.11. The summed E-state index contributed by atoms with van der Waals surface area (Å²) in [6.07, 6.45) is -1.85. The molecule has 31 heavy (non-hydrogen) atoms. The van der Waals surface area contributed by atoms with Crippen molar-refractivity contribution in [1.29, 1.82) is 0 Å². The van der Waals surface area contributed by atoms with E-state index in [1.807, 2.05) is 0 Å². The Morgan fingerprint density at radius 3 is 2.58 bits per heavy atom. The molecule has 0 spiro atoms. The average Bonchev–Trinajstić information content (AvgIpc) is 3.22. The lowest BCUT2D eigenvalue weighted by Crippen LogP contribution is -2.23. The highest BCUT2D eigenvalue weighted by atomic mass is 19.3. The number of hydrogen-bond acceptors (Lipinski definition) is 6. The van der Waals surface area contributed by atoms with Crippen LogP contribution in [0.15, 0.2) is 12.3 Å². The fraction of sp³-hybridized carbons (Fsp3) is 0.444. The number of aromatic nitrogens is 5. The third-order valence-corrected chi connectivity index (χ3v) is 5.39. The molecule has 1 saturated carbocycles. The molecule has 1 aliphatic rings. The van der Waals surface area contributed by atoms with Crippen LogP contribution in [0.2, 0.25) is 0 Å². The zero-order valence-corrected chi connectivity index (χ0v) is 16.4. The highest BCUT2D eigenvalue weighted by Gasteiger charge is 2.37. The van der Waals surface area contributed by atoms with E-state index in [0.717, 1.165) is 4.68 Å². The van der Waals surface area contributed by atoms with Crippen LogP contribution in [0.1, 0.15) is 59.8 Å². The Hall–Kier alpha value is -3.38. The quantitative estimate of drug-likeness (QED) is 0.535. The molecule has 0 aromatic carbocycles. The topological polar surface area (TPSA) is 129 Å². The van der Waals surface area contributed by atoms with E-state index in [-0.39, 0.29) is 60.3 Å². The number of amides is 1. The van der Waals surface area contributed by atoms with E-state index in [1.165, 1.54) is 23.8 Å². The van der Waals surface area contributed by atoms with Gasteiger partial charge >= 0.3 is 0 Å². The number of carbonyl (C=O) groups excluding carboxylic acids is 1. The Balaban J connectivity index is 1.75. The molecule has 1 fully saturated rings. The van der Waals surface area contributed by atoms with Gasteiger partial charge in [0.1, 0.15) is 11.2 Å². The predicted molar refractivity (Wildman–Crippen MR) is 104 cm³/mol. The smallest absolute Gasteiger partial charge is 0.284 e. The van der Waals surface area contributed by atoms with E-state index in [4.69, 9.17) is 11.5 Å². The Labute approximate surface area is 173 Å². The Morgan fingerprint density at radius 2 is 1.94 bits per heavy atom. The van der Waals surface area contributed by atoms with Crippen molar-refractivity contribution in [3.63, 3.8) is 0 Å². The van der Waals surface area contributed by atoms with Gasteiger partial charge in [0.15, 0.2) is 11.5 Å². The number of halogens is 4. The molecule has 3 heterocycles. The van der Waals surface area contributed by atoms with Gasteiger partial charge in [0.2, 0.25) is 11.9 Å². The summed E-state index contributed by atoms with van der Waals surface area (Å²) < 4.78 is 56.0. The van der Waals surface area contributed by atoms with Crippen molar-refractivity contribution in [3.05, 3.63) is 29.2 Å². The summed E-state index contributed by atoms with van der Waals surface area (Å²) >= 11 is 0. The minimum Gasteiger partial charge on any atom is -0.382 e. The molecule has 3 aromatic heterocycles. The summed E-state index contributed by atoms with van der Waals surface area (Å²) in [4.78, 5) is 16.9. The first kappa shape index (κ1) is 20.9. The van der Waals surface area contributed by atoms with Gasteiger partial charge in [-0.15, -0.1) is 5.10 Å². The van der Waals surface area contributed by atoms with E-state index in [9.17, 15) is 22.4 Å². The van der Waals surface area contributed by atoms with Gasteiger partial charge < -0.3 is 16.8 Å². The maximum Gasteiger partial charge on any atom is 0.284 e. The second-order valence-electron chi connectivity index (χ2n) is 7.59. The van der Waals surface area contributed by atoms with Gasteiger partial charge in [0.05, 0.1) is 5.69 Å². The molecular weight excluding hydrogens is 420 g/mol. The number of nitrogens with two attached hydrogens (primary N) is 2. The highest BCUT2D eigenvalue weighted by molar-refractivity contribution is 6.05. The monoisotopic (exact) mass is 440 g/mol. The largest absolute Gasteiger partial charge is 0.382 e. The number of carbonyl (C=O) groups is 1. The van der Waals surface area contributed by atoms with Crippen molar-refractivity contribution in [2.24, 2.45) is 7.05 Å². The summed E-state index contributed by atoms with van der Waals surface area (Å²) in [5, 5.41) is 10.1. The fourth-order valence-corrected chi connectivity index (χ4v) is 3.95. The normalized spacial score (nSPS) is 16.8. The van der Waals surface area contributed by atoms with Crippen LogP contribution in [0.5, 0.6) is 0 Å². The van der Waals surface area contributed by atoms with Crippen LogP contribution in [-0.4, -0.2) is 36.2 Å². The molecular formula is C18H20F4N8O.